The second-order valence-corrected chi connectivity index (χ2v) is 5.28. The van der Waals surface area contributed by atoms with Crippen molar-refractivity contribution in [1.82, 2.24) is 4.98 Å². The minimum Gasteiger partial charge on any atom is -0.493 e. The van der Waals surface area contributed by atoms with Gasteiger partial charge < -0.3 is 4.74 Å². The van der Waals surface area contributed by atoms with Crippen LogP contribution in [0.25, 0.3) is 10.6 Å². The summed E-state index contributed by atoms with van der Waals surface area (Å²) in [5.41, 5.74) is 1.49. The molecule has 18 heavy (non-hydrogen) atoms. The number of benzene rings is 1. The second kappa shape index (κ2) is 5.78. The molecular weight excluding hydrogens is 246 g/mol. The molecule has 3 nitrogen and oxygen atoms in total. The average molecular weight is 261 g/mol. The highest BCUT2D eigenvalue weighted by atomic mass is 32.1. The molecule has 0 N–H and O–H groups in total. The van der Waals surface area contributed by atoms with Crippen LogP contribution in [0.2, 0.25) is 0 Å². The third-order valence-corrected chi connectivity index (χ3v) is 3.24. The van der Waals surface area contributed by atoms with Crippen molar-refractivity contribution in [2.24, 2.45) is 5.92 Å². The first-order chi connectivity index (χ1) is 8.69. The van der Waals surface area contributed by atoms with E-state index in [-0.39, 0.29) is 0 Å². The number of rotatable bonds is 5. The monoisotopic (exact) mass is 261 g/mol. The van der Waals surface area contributed by atoms with Crippen molar-refractivity contribution >= 4 is 17.6 Å². The van der Waals surface area contributed by atoms with Crippen LogP contribution in [0.15, 0.2) is 29.6 Å². The summed E-state index contributed by atoms with van der Waals surface area (Å²) in [6.45, 7) is 4.95. The van der Waals surface area contributed by atoms with Crippen molar-refractivity contribution < 1.29 is 9.53 Å². The zero-order chi connectivity index (χ0) is 13.0. The number of thiazole rings is 1. The molecule has 0 spiro atoms. The highest BCUT2D eigenvalue weighted by Crippen LogP contribution is 2.25. The van der Waals surface area contributed by atoms with Crippen LogP contribution >= 0.6 is 11.3 Å². The number of nitrogens with zero attached hydrogens (tertiary/aromatic N) is 1. The molecule has 0 saturated carbocycles. The van der Waals surface area contributed by atoms with Crippen LogP contribution in [0.1, 0.15) is 24.3 Å². The molecule has 0 unspecified atom stereocenters. The Bertz CT molecular complexity index is 517. The molecule has 0 radical (unpaired) electrons. The summed E-state index contributed by atoms with van der Waals surface area (Å²) in [5, 5.41) is 2.61. The van der Waals surface area contributed by atoms with E-state index in [9.17, 15) is 4.79 Å². The molecular formula is C14H15NO2S. The van der Waals surface area contributed by atoms with E-state index in [0.717, 1.165) is 22.6 Å². The maximum Gasteiger partial charge on any atom is 0.169 e. The molecule has 1 heterocycles. The molecule has 2 aromatic rings. The van der Waals surface area contributed by atoms with Gasteiger partial charge in [-0.3, -0.25) is 4.79 Å². The predicted molar refractivity (Wildman–Crippen MR) is 73.3 cm³/mol. The normalized spacial score (nSPS) is 10.6. The van der Waals surface area contributed by atoms with Crippen molar-refractivity contribution in [1.29, 1.82) is 0 Å². The van der Waals surface area contributed by atoms with Gasteiger partial charge in [0, 0.05) is 10.9 Å². The Kier molecular flexibility index (Phi) is 4.10. The molecule has 0 aliphatic carbocycles. The van der Waals surface area contributed by atoms with Gasteiger partial charge in [-0.1, -0.05) is 13.8 Å². The lowest BCUT2D eigenvalue weighted by Gasteiger charge is -2.08. The number of hydrogen-bond donors (Lipinski definition) is 0. The van der Waals surface area contributed by atoms with Crippen LogP contribution in [0.3, 0.4) is 0 Å². The van der Waals surface area contributed by atoms with Gasteiger partial charge in [0.1, 0.15) is 16.5 Å². The van der Waals surface area contributed by atoms with Gasteiger partial charge in [-0.25, -0.2) is 4.98 Å². The number of ether oxygens (including phenoxy) is 1. The van der Waals surface area contributed by atoms with Crippen molar-refractivity contribution in [3.63, 3.8) is 0 Å². The zero-order valence-corrected chi connectivity index (χ0v) is 11.2. The predicted octanol–water partition coefficient (Wildman–Crippen LogP) is 3.66. The Morgan fingerprint density at radius 2 is 2.06 bits per heavy atom. The summed E-state index contributed by atoms with van der Waals surface area (Å²) in [6.07, 6.45) is 0.764. The topological polar surface area (TPSA) is 39.2 Å². The third kappa shape index (κ3) is 3.17. The Hall–Kier alpha value is -1.68. The fourth-order valence-electron chi connectivity index (χ4n) is 1.43. The minimum atomic E-state index is 0.482. The minimum absolute atomic E-state index is 0.482. The van der Waals surface area contributed by atoms with Gasteiger partial charge in [0.2, 0.25) is 0 Å². The first-order valence-corrected chi connectivity index (χ1v) is 6.71. The summed E-state index contributed by atoms with van der Waals surface area (Å²) in [7, 11) is 0. The lowest BCUT2D eigenvalue weighted by molar-refractivity contribution is 0.111. The van der Waals surface area contributed by atoms with E-state index < -0.39 is 0 Å². The smallest absolute Gasteiger partial charge is 0.169 e. The van der Waals surface area contributed by atoms with Crippen LogP contribution in [-0.2, 0) is 0 Å². The number of aromatic nitrogens is 1. The van der Waals surface area contributed by atoms with Crippen LogP contribution in [0, 0.1) is 5.92 Å². The molecule has 1 aromatic carbocycles. The number of aldehydes is 1. The summed E-state index contributed by atoms with van der Waals surface area (Å²) in [5.74, 6) is 1.37. The lowest BCUT2D eigenvalue weighted by Crippen LogP contribution is -2.04. The van der Waals surface area contributed by atoms with Crippen molar-refractivity contribution in [2.45, 2.75) is 13.8 Å². The third-order valence-electron chi connectivity index (χ3n) is 2.33. The summed E-state index contributed by atoms with van der Waals surface area (Å²) in [6, 6.07) is 7.78. The van der Waals surface area contributed by atoms with Gasteiger partial charge in [-0.15, -0.1) is 11.3 Å². The van der Waals surface area contributed by atoms with Crippen LogP contribution < -0.4 is 4.74 Å². The summed E-state index contributed by atoms with van der Waals surface area (Å²) < 4.78 is 5.61. The van der Waals surface area contributed by atoms with E-state index >= 15 is 0 Å². The van der Waals surface area contributed by atoms with E-state index in [0.29, 0.717) is 18.2 Å². The van der Waals surface area contributed by atoms with E-state index in [1.54, 1.807) is 5.38 Å². The summed E-state index contributed by atoms with van der Waals surface area (Å²) in [4.78, 5) is 14.8. The standard InChI is InChI=1S/C14H15NO2S/c1-10(2)8-17-13-5-3-11(4-6-13)14-15-12(7-16)9-18-14/h3-7,9-10H,8H2,1-2H3. The van der Waals surface area contributed by atoms with E-state index in [1.807, 2.05) is 24.3 Å². The lowest BCUT2D eigenvalue weighted by atomic mass is 10.2. The molecule has 0 aliphatic rings. The van der Waals surface area contributed by atoms with Crippen LogP contribution in [0.4, 0.5) is 0 Å². The molecule has 0 atom stereocenters. The van der Waals surface area contributed by atoms with Gasteiger partial charge in [-0.05, 0) is 30.2 Å². The molecule has 0 aliphatic heterocycles. The van der Waals surface area contributed by atoms with Gasteiger partial charge in [0.15, 0.2) is 6.29 Å². The maximum absolute atomic E-state index is 10.6. The molecule has 0 saturated heterocycles. The number of hydrogen-bond acceptors (Lipinski definition) is 4. The molecule has 94 valence electrons. The SMILES string of the molecule is CC(C)COc1ccc(-c2nc(C=O)cs2)cc1. The van der Waals surface area contributed by atoms with Crippen molar-refractivity contribution in [3.05, 3.63) is 35.3 Å². The van der Waals surface area contributed by atoms with Gasteiger partial charge >= 0.3 is 0 Å². The fourth-order valence-corrected chi connectivity index (χ4v) is 2.20. The number of carbonyl (C=O) groups is 1. The molecule has 4 heteroatoms. The van der Waals surface area contributed by atoms with E-state index in [2.05, 4.69) is 18.8 Å². The van der Waals surface area contributed by atoms with Crippen LogP contribution in [0.5, 0.6) is 5.75 Å². The van der Waals surface area contributed by atoms with Crippen LogP contribution in [-0.4, -0.2) is 17.9 Å². The zero-order valence-electron chi connectivity index (χ0n) is 10.4. The number of carbonyl (C=O) groups excluding carboxylic acids is 1. The van der Waals surface area contributed by atoms with E-state index in [4.69, 9.17) is 4.74 Å². The van der Waals surface area contributed by atoms with Gasteiger partial charge in [-0.2, -0.15) is 0 Å². The second-order valence-electron chi connectivity index (χ2n) is 4.42. The van der Waals surface area contributed by atoms with Gasteiger partial charge in [0.25, 0.3) is 0 Å². The van der Waals surface area contributed by atoms with Gasteiger partial charge in [0.05, 0.1) is 6.61 Å². The highest BCUT2D eigenvalue weighted by molar-refractivity contribution is 7.13. The maximum atomic E-state index is 10.6. The average Bonchev–Trinajstić information content (AvgIpc) is 2.85. The fraction of sp³-hybridized carbons (Fsp3) is 0.286. The molecule has 0 bridgehead atoms. The Morgan fingerprint density at radius 3 is 2.61 bits per heavy atom. The molecule has 0 fully saturated rings. The van der Waals surface area contributed by atoms with E-state index in [1.165, 1.54) is 11.3 Å². The largest absolute Gasteiger partial charge is 0.493 e. The summed E-state index contributed by atoms with van der Waals surface area (Å²) >= 11 is 1.47. The van der Waals surface area contributed by atoms with Crippen molar-refractivity contribution in [3.8, 4) is 16.3 Å². The molecule has 2 rings (SSSR count). The quantitative estimate of drug-likeness (QED) is 0.771. The first-order valence-electron chi connectivity index (χ1n) is 5.83. The molecule has 0 amide bonds. The molecule has 1 aromatic heterocycles. The first kappa shape index (κ1) is 12.8. The Morgan fingerprint density at radius 1 is 1.33 bits per heavy atom. The Balaban J connectivity index is 2.09. The Labute approximate surface area is 110 Å². The van der Waals surface area contributed by atoms with Crippen molar-refractivity contribution in [2.75, 3.05) is 6.61 Å². The highest BCUT2D eigenvalue weighted by Gasteiger charge is 2.04.